The number of hydrogen-bond donors (Lipinski definition) is 1. The van der Waals surface area contributed by atoms with E-state index in [4.69, 9.17) is 9.47 Å². The lowest BCUT2D eigenvalue weighted by atomic mass is 9.98. The molecule has 166 valence electrons. The number of aliphatic hydroxyl groups is 1. The van der Waals surface area contributed by atoms with E-state index in [1.807, 2.05) is 42.5 Å². The first-order valence-electron chi connectivity index (χ1n) is 11.3. The Hall–Kier alpha value is -2.50. The third-order valence-corrected chi connectivity index (χ3v) is 6.46. The van der Waals surface area contributed by atoms with Gasteiger partial charge in [-0.15, -0.1) is 6.58 Å². The maximum absolute atomic E-state index is 11.9. The molecule has 2 aliphatic rings. The van der Waals surface area contributed by atoms with E-state index >= 15 is 0 Å². The second-order valence-corrected chi connectivity index (χ2v) is 8.70. The molecule has 2 aromatic rings. The Morgan fingerprint density at radius 1 is 1.19 bits per heavy atom. The first-order valence-corrected chi connectivity index (χ1v) is 11.3. The highest BCUT2D eigenvalue weighted by molar-refractivity contribution is 5.62. The number of hydrogen-bond acceptors (Lipinski definition) is 5. The molecule has 1 fully saturated rings. The van der Waals surface area contributed by atoms with Crippen molar-refractivity contribution in [3.63, 3.8) is 0 Å². The summed E-state index contributed by atoms with van der Waals surface area (Å²) in [6.07, 6.45) is 3.53. The molecule has 0 amide bonds. The Bertz CT molecular complexity index is 894. The number of allylic oxidation sites excluding steroid dienone is 1. The first-order chi connectivity index (χ1) is 15.1. The molecule has 5 nitrogen and oxygen atoms in total. The number of anilines is 1. The van der Waals surface area contributed by atoms with E-state index in [-0.39, 0.29) is 12.1 Å². The number of methoxy groups -OCH3 is 1. The lowest BCUT2D eigenvalue weighted by molar-refractivity contribution is 0.0404. The van der Waals surface area contributed by atoms with Crippen molar-refractivity contribution in [2.45, 2.75) is 50.9 Å². The number of para-hydroxylation sites is 2. The number of ether oxygens (including phenoxy) is 2. The van der Waals surface area contributed by atoms with Crippen LogP contribution >= 0.6 is 0 Å². The molecule has 0 bridgehead atoms. The van der Waals surface area contributed by atoms with E-state index in [9.17, 15) is 5.11 Å². The summed E-state index contributed by atoms with van der Waals surface area (Å²) >= 11 is 0. The zero-order valence-electron chi connectivity index (χ0n) is 18.7. The van der Waals surface area contributed by atoms with Gasteiger partial charge in [0.1, 0.15) is 24.3 Å². The predicted molar refractivity (Wildman–Crippen MR) is 125 cm³/mol. The minimum Gasteiger partial charge on any atom is -0.497 e. The van der Waals surface area contributed by atoms with E-state index in [1.54, 1.807) is 7.11 Å². The van der Waals surface area contributed by atoms with Crippen LogP contribution in [0.5, 0.6) is 11.5 Å². The third-order valence-electron chi connectivity index (χ3n) is 6.46. The van der Waals surface area contributed by atoms with Gasteiger partial charge in [-0.25, -0.2) is 0 Å². The fraction of sp³-hybridized carbons (Fsp3) is 0.462. The lowest BCUT2D eigenvalue weighted by Gasteiger charge is -2.46. The minimum absolute atomic E-state index is 0.0402. The van der Waals surface area contributed by atoms with Crippen molar-refractivity contribution >= 4 is 5.69 Å². The highest BCUT2D eigenvalue weighted by atomic mass is 16.5. The Labute approximate surface area is 185 Å². The highest BCUT2D eigenvalue weighted by Gasteiger charge is 2.39. The van der Waals surface area contributed by atoms with Crippen LogP contribution in [0.25, 0.3) is 0 Å². The van der Waals surface area contributed by atoms with Gasteiger partial charge in [0.05, 0.1) is 24.9 Å². The first kappa shape index (κ1) is 21.7. The molecule has 3 atom stereocenters. The van der Waals surface area contributed by atoms with Gasteiger partial charge in [-0.2, -0.15) is 0 Å². The van der Waals surface area contributed by atoms with Gasteiger partial charge in [0.2, 0.25) is 0 Å². The largest absolute Gasteiger partial charge is 0.497 e. The van der Waals surface area contributed by atoms with Gasteiger partial charge in [0, 0.05) is 0 Å². The number of benzene rings is 2. The zero-order valence-corrected chi connectivity index (χ0v) is 18.7. The fourth-order valence-electron chi connectivity index (χ4n) is 4.82. The SMILES string of the molecule is C=C(C)CCC(C(O)N1c2ccccc2OCC1c1cccc(OC)c1)N1CCCC1. The van der Waals surface area contributed by atoms with Gasteiger partial charge in [-0.1, -0.05) is 29.8 Å². The number of nitrogens with zero attached hydrogens (tertiary/aromatic N) is 2. The molecule has 2 heterocycles. The van der Waals surface area contributed by atoms with Crippen LogP contribution in [0.3, 0.4) is 0 Å². The molecular formula is C26H34N2O3. The molecule has 3 unspecified atom stereocenters. The summed E-state index contributed by atoms with van der Waals surface area (Å²) < 4.78 is 11.6. The Morgan fingerprint density at radius 2 is 1.97 bits per heavy atom. The van der Waals surface area contributed by atoms with Crippen LogP contribution in [0.15, 0.2) is 60.7 Å². The Morgan fingerprint density at radius 3 is 2.71 bits per heavy atom. The molecule has 0 spiro atoms. The van der Waals surface area contributed by atoms with Gasteiger partial charge in [0.25, 0.3) is 0 Å². The van der Waals surface area contributed by atoms with Crippen LogP contribution in [-0.4, -0.2) is 49.1 Å². The van der Waals surface area contributed by atoms with E-state index in [0.29, 0.717) is 6.61 Å². The van der Waals surface area contributed by atoms with Gasteiger partial charge in [0.15, 0.2) is 0 Å². The third kappa shape index (κ3) is 4.73. The van der Waals surface area contributed by atoms with Crippen LogP contribution < -0.4 is 14.4 Å². The second kappa shape index (κ2) is 9.75. The van der Waals surface area contributed by atoms with Crippen LogP contribution in [0.2, 0.25) is 0 Å². The lowest BCUT2D eigenvalue weighted by Crippen LogP contribution is -2.54. The van der Waals surface area contributed by atoms with Gasteiger partial charge >= 0.3 is 0 Å². The summed E-state index contributed by atoms with van der Waals surface area (Å²) in [6.45, 7) is 8.71. The molecule has 1 N–H and O–H groups in total. The summed E-state index contributed by atoms with van der Waals surface area (Å²) in [5.41, 5.74) is 3.17. The van der Waals surface area contributed by atoms with Crippen molar-refractivity contribution in [3.05, 3.63) is 66.2 Å². The summed E-state index contributed by atoms with van der Waals surface area (Å²) in [7, 11) is 1.68. The molecule has 5 heteroatoms. The summed E-state index contributed by atoms with van der Waals surface area (Å²) in [5.74, 6) is 1.63. The number of aliphatic hydroxyl groups excluding tert-OH is 1. The van der Waals surface area contributed by atoms with Gasteiger partial charge in [-0.05, 0) is 75.5 Å². The average molecular weight is 423 g/mol. The normalized spacial score (nSPS) is 20.6. The molecule has 0 saturated carbocycles. The predicted octanol–water partition coefficient (Wildman–Crippen LogP) is 4.77. The summed E-state index contributed by atoms with van der Waals surface area (Å²) in [6, 6.07) is 16.0. The Kier molecular flexibility index (Phi) is 6.83. The average Bonchev–Trinajstić information content (AvgIpc) is 3.32. The molecule has 0 radical (unpaired) electrons. The quantitative estimate of drug-likeness (QED) is 0.621. The standard InChI is InChI=1S/C26H34N2O3/c1-19(2)13-14-23(27-15-6-7-16-27)26(29)28-22-11-4-5-12-25(22)31-18-24(28)20-9-8-10-21(17-20)30-3/h4-5,8-12,17,23-24,26,29H,1,6-7,13-16,18H2,2-3H3. The summed E-state index contributed by atoms with van der Waals surface area (Å²) in [4.78, 5) is 4.61. The molecule has 2 aliphatic heterocycles. The monoisotopic (exact) mass is 422 g/mol. The zero-order chi connectivity index (χ0) is 21.8. The molecule has 0 aliphatic carbocycles. The van der Waals surface area contributed by atoms with E-state index in [0.717, 1.165) is 54.3 Å². The van der Waals surface area contributed by atoms with Gasteiger partial charge in [-0.3, -0.25) is 4.90 Å². The van der Waals surface area contributed by atoms with E-state index < -0.39 is 6.23 Å². The minimum atomic E-state index is -0.654. The molecule has 0 aromatic heterocycles. The Balaban J connectivity index is 1.72. The molecular weight excluding hydrogens is 388 g/mol. The highest BCUT2D eigenvalue weighted by Crippen LogP contribution is 2.42. The summed E-state index contributed by atoms with van der Waals surface area (Å²) in [5, 5.41) is 11.9. The molecule has 2 aromatic carbocycles. The van der Waals surface area contributed by atoms with E-state index in [1.165, 1.54) is 12.8 Å². The van der Waals surface area contributed by atoms with Crippen LogP contribution in [-0.2, 0) is 0 Å². The number of rotatable bonds is 8. The maximum Gasteiger partial charge on any atom is 0.143 e. The molecule has 31 heavy (non-hydrogen) atoms. The molecule has 4 rings (SSSR count). The fourth-order valence-corrected chi connectivity index (χ4v) is 4.82. The van der Waals surface area contributed by atoms with Crippen LogP contribution in [0.4, 0.5) is 5.69 Å². The smallest absolute Gasteiger partial charge is 0.143 e. The van der Waals surface area contributed by atoms with Crippen molar-refractivity contribution in [2.24, 2.45) is 0 Å². The van der Waals surface area contributed by atoms with E-state index in [2.05, 4.69) is 29.4 Å². The van der Waals surface area contributed by atoms with Crippen molar-refractivity contribution in [1.82, 2.24) is 4.90 Å². The topological polar surface area (TPSA) is 45.2 Å². The van der Waals surface area contributed by atoms with Crippen LogP contribution in [0.1, 0.15) is 44.2 Å². The maximum atomic E-state index is 11.9. The number of fused-ring (bicyclic) bond motifs is 1. The van der Waals surface area contributed by atoms with Crippen LogP contribution in [0, 0.1) is 0 Å². The van der Waals surface area contributed by atoms with Gasteiger partial charge < -0.3 is 19.5 Å². The van der Waals surface area contributed by atoms with Crippen molar-refractivity contribution in [2.75, 3.05) is 31.7 Å². The molecule has 1 saturated heterocycles. The van der Waals surface area contributed by atoms with Crippen molar-refractivity contribution in [1.29, 1.82) is 0 Å². The van der Waals surface area contributed by atoms with Crippen molar-refractivity contribution in [3.8, 4) is 11.5 Å². The number of likely N-dealkylation sites (tertiary alicyclic amines) is 1. The second-order valence-electron chi connectivity index (χ2n) is 8.70. The van der Waals surface area contributed by atoms with Crippen molar-refractivity contribution < 1.29 is 14.6 Å².